The molecule has 1 aromatic rings. The number of carbonyl (C=O) groups excluding carboxylic acids is 1. The van der Waals surface area contributed by atoms with Gasteiger partial charge >= 0.3 is 0 Å². The lowest BCUT2D eigenvalue weighted by atomic mass is 10.1. The fourth-order valence-electron chi connectivity index (χ4n) is 2.58. The first kappa shape index (κ1) is 16.8. The molecule has 1 aromatic carbocycles. The predicted molar refractivity (Wildman–Crippen MR) is 83.6 cm³/mol. The molecule has 2 atom stereocenters. The van der Waals surface area contributed by atoms with Crippen LogP contribution >= 0.6 is 0 Å². The van der Waals surface area contributed by atoms with Crippen LogP contribution in [0.3, 0.4) is 0 Å². The summed E-state index contributed by atoms with van der Waals surface area (Å²) in [6.07, 6.45) is 2.89. The van der Waals surface area contributed by atoms with Crippen molar-refractivity contribution >= 4 is 5.91 Å². The third-order valence-corrected chi connectivity index (χ3v) is 3.86. The van der Waals surface area contributed by atoms with Crippen LogP contribution in [0.4, 0.5) is 0 Å². The molecule has 0 bridgehead atoms. The van der Waals surface area contributed by atoms with Crippen LogP contribution in [-0.4, -0.2) is 48.4 Å². The Morgan fingerprint density at radius 2 is 2.32 bits per heavy atom. The monoisotopic (exact) mass is 307 g/mol. The Kier molecular flexibility index (Phi) is 6.21. The molecule has 1 heterocycles. The minimum absolute atomic E-state index is 0.0702. The molecular formula is C17H25NO4. The molecule has 1 N–H and O–H groups in total. The molecular weight excluding hydrogens is 282 g/mol. The summed E-state index contributed by atoms with van der Waals surface area (Å²) >= 11 is 0. The van der Waals surface area contributed by atoms with Crippen LogP contribution in [0.2, 0.25) is 0 Å². The highest BCUT2D eigenvalue weighted by atomic mass is 16.5. The second kappa shape index (κ2) is 8.15. The molecule has 0 saturated carbocycles. The van der Waals surface area contributed by atoms with E-state index in [0.29, 0.717) is 13.2 Å². The van der Waals surface area contributed by atoms with E-state index in [-0.39, 0.29) is 17.8 Å². The molecule has 22 heavy (non-hydrogen) atoms. The van der Waals surface area contributed by atoms with Crippen LogP contribution in [0, 0.1) is 0 Å². The Labute approximate surface area is 131 Å². The maximum Gasteiger partial charge on any atom is 0.251 e. The van der Waals surface area contributed by atoms with Gasteiger partial charge in [0, 0.05) is 20.2 Å². The largest absolute Gasteiger partial charge is 0.508 e. The number of phenolic OH excluding ortho intramolecular Hbond substituents is 1. The van der Waals surface area contributed by atoms with Crippen LogP contribution in [0.5, 0.6) is 5.75 Å². The Morgan fingerprint density at radius 3 is 3.00 bits per heavy atom. The van der Waals surface area contributed by atoms with Crippen LogP contribution in [-0.2, 0) is 20.8 Å². The first-order valence-electron chi connectivity index (χ1n) is 7.82. The van der Waals surface area contributed by atoms with Crippen molar-refractivity contribution in [3.05, 3.63) is 29.8 Å². The lowest BCUT2D eigenvalue weighted by Crippen LogP contribution is -2.37. The van der Waals surface area contributed by atoms with Crippen molar-refractivity contribution in [3.8, 4) is 5.75 Å². The van der Waals surface area contributed by atoms with Gasteiger partial charge in [0.15, 0.2) is 0 Å². The standard InChI is InChI=1S/C17H25NO4/c1-13(22-12-16-8-3-4-9-21-16)17(20)18(2)11-14-6-5-7-15(19)10-14/h5-7,10,13,16,19H,3-4,8-9,11-12H2,1-2H3. The third kappa shape index (κ3) is 5.00. The van der Waals surface area contributed by atoms with Crippen molar-refractivity contribution < 1.29 is 19.4 Å². The molecule has 122 valence electrons. The number of hydrogen-bond acceptors (Lipinski definition) is 4. The summed E-state index contributed by atoms with van der Waals surface area (Å²) in [4.78, 5) is 13.9. The molecule has 1 fully saturated rings. The zero-order chi connectivity index (χ0) is 15.9. The summed E-state index contributed by atoms with van der Waals surface area (Å²) in [7, 11) is 1.74. The van der Waals surface area contributed by atoms with E-state index in [2.05, 4.69) is 0 Å². The number of hydrogen-bond donors (Lipinski definition) is 1. The van der Waals surface area contributed by atoms with Gasteiger partial charge in [-0.15, -0.1) is 0 Å². The number of benzene rings is 1. The van der Waals surface area contributed by atoms with Gasteiger partial charge in [0.1, 0.15) is 11.9 Å². The molecule has 1 saturated heterocycles. The van der Waals surface area contributed by atoms with Gasteiger partial charge in [-0.05, 0) is 43.9 Å². The minimum atomic E-state index is -0.493. The summed E-state index contributed by atoms with van der Waals surface area (Å²) < 4.78 is 11.3. The Hall–Kier alpha value is -1.59. The molecule has 5 nitrogen and oxygen atoms in total. The fraction of sp³-hybridized carbons (Fsp3) is 0.588. The molecule has 1 aliphatic heterocycles. The van der Waals surface area contributed by atoms with Crippen molar-refractivity contribution in [2.75, 3.05) is 20.3 Å². The molecule has 2 rings (SSSR count). The maximum atomic E-state index is 12.3. The van der Waals surface area contributed by atoms with E-state index >= 15 is 0 Å². The van der Waals surface area contributed by atoms with Gasteiger partial charge < -0.3 is 19.5 Å². The topological polar surface area (TPSA) is 59.0 Å². The number of ether oxygens (including phenoxy) is 2. The van der Waals surface area contributed by atoms with Gasteiger partial charge in [0.05, 0.1) is 12.7 Å². The summed E-state index contributed by atoms with van der Waals surface area (Å²) in [6.45, 7) is 3.46. The predicted octanol–water partition coefficient (Wildman–Crippen LogP) is 2.32. The maximum absolute atomic E-state index is 12.3. The van der Waals surface area contributed by atoms with Gasteiger partial charge in [0.2, 0.25) is 0 Å². The van der Waals surface area contributed by atoms with Gasteiger partial charge in [-0.3, -0.25) is 4.79 Å². The van der Waals surface area contributed by atoms with E-state index in [4.69, 9.17) is 9.47 Å². The number of carbonyl (C=O) groups is 1. The first-order valence-corrected chi connectivity index (χ1v) is 7.82. The van der Waals surface area contributed by atoms with Crippen molar-refractivity contribution in [2.24, 2.45) is 0 Å². The highest BCUT2D eigenvalue weighted by Gasteiger charge is 2.21. The number of amides is 1. The molecule has 2 unspecified atom stereocenters. The third-order valence-electron chi connectivity index (χ3n) is 3.86. The highest BCUT2D eigenvalue weighted by molar-refractivity contribution is 5.80. The van der Waals surface area contributed by atoms with E-state index in [1.807, 2.05) is 6.07 Å². The van der Waals surface area contributed by atoms with Crippen molar-refractivity contribution in [1.29, 1.82) is 0 Å². The molecule has 0 radical (unpaired) electrons. The van der Waals surface area contributed by atoms with Crippen LogP contribution in [0.1, 0.15) is 31.7 Å². The summed E-state index contributed by atoms with van der Waals surface area (Å²) in [5, 5.41) is 9.46. The van der Waals surface area contributed by atoms with Gasteiger partial charge in [0.25, 0.3) is 5.91 Å². The van der Waals surface area contributed by atoms with E-state index in [1.165, 1.54) is 0 Å². The normalized spacial score (nSPS) is 19.6. The number of aromatic hydroxyl groups is 1. The average Bonchev–Trinajstić information content (AvgIpc) is 2.53. The number of likely N-dealkylation sites (N-methyl/N-ethyl adjacent to an activating group) is 1. The lowest BCUT2D eigenvalue weighted by Gasteiger charge is -2.26. The second-order valence-corrected chi connectivity index (χ2v) is 5.83. The smallest absolute Gasteiger partial charge is 0.251 e. The minimum Gasteiger partial charge on any atom is -0.508 e. The van der Waals surface area contributed by atoms with Crippen LogP contribution in [0.25, 0.3) is 0 Å². The zero-order valence-electron chi connectivity index (χ0n) is 13.3. The number of phenols is 1. The quantitative estimate of drug-likeness (QED) is 0.876. The van der Waals surface area contributed by atoms with Gasteiger partial charge in [-0.1, -0.05) is 12.1 Å². The van der Waals surface area contributed by atoms with E-state index < -0.39 is 6.10 Å². The number of rotatable bonds is 6. The van der Waals surface area contributed by atoms with Crippen LogP contribution in [0.15, 0.2) is 24.3 Å². The molecule has 0 aliphatic carbocycles. The Balaban J connectivity index is 1.78. The van der Waals surface area contributed by atoms with Crippen molar-refractivity contribution in [1.82, 2.24) is 4.90 Å². The zero-order valence-corrected chi connectivity index (χ0v) is 13.3. The van der Waals surface area contributed by atoms with Crippen LogP contribution < -0.4 is 0 Å². The van der Waals surface area contributed by atoms with Crippen molar-refractivity contribution in [3.63, 3.8) is 0 Å². The summed E-state index contributed by atoms with van der Waals surface area (Å²) in [5.74, 6) is 0.135. The molecule has 1 aliphatic rings. The van der Waals surface area contributed by atoms with E-state index in [9.17, 15) is 9.90 Å². The van der Waals surface area contributed by atoms with Crippen molar-refractivity contribution in [2.45, 2.75) is 44.9 Å². The highest BCUT2D eigenvalue weighted by Crippen LogP contribution is 2.15. The summed E-state index contributed by atoms with van der Waals surface area (Å²) in [6, 6.07) is 6.92. The molecule has 1 amide bonds. The first-order chi connectivity index (χ1) is 10.6. The second-order valence-electron chi connectivity index (χ2n) is 5.83. The SMILES string of the molecule is CC(OCC1CCCCO1)C(=O)N(C)Cc1cccc(O)c1. The molecule has 0 spiro atoms. The lowest BCUT2D eigenvalue weighted by molar-refractivity contribution is -0.145. The fourth-order valence-corrected chi connectivity index (χ4v) is 2.58. The Bertz CT molecular complexity index is 485. The number of nitrogens with zero attached hydrogens (tertiary/aromatic N) is 1. The molecule has 0 aromatic heterocycles. The van der Waals surface area contributed by atoms with E-state index in [1.54, 1.807) is 37.1 Å². The van der Waals surface area contributed by atoms with Gasteiger partial charge in [-0.2, -0.15) is 0 Å². The Morgan fingerprint density at radius 1 is 1.50 bits per heavy atom. The summed E-state index contributed by atoms with van der Waals surface area (Å²) in [5.41, 5.74) is 0.888. The average molecular weight is 307 g/mol. The van der Waals surface area contributed by atoms with E-state index in [0.717, 1.165) is 31.4 Å². The van der Waals surface area contributed by atoms with Gasteiger partial charge in [-0.25, -0.2) is 0 Å². The molecule has 5 heteroatoms.